The van der Waals surface area contributed by atoms with Crippen LogP contribution in [0.25, 0.3) is 17.1 Å². The van der Waals surface area contributed by atoms with Gasteiger partial charge in [-0.2, -0.15) is 13.2 Å². The molecule has 0 aliphatic carbocycles. The number of amidine groups is 1. The number of nitrogens with zero attached hydrogens (tertiary/aromatic N) is 4. The molecule has 10 heteroatoms. The first-order chi connectivity index (χ1) is 16.3. The number of ether oxygens (including phenoxy) is 1. The van der Waals surface area contributed by atoms with E-state index in [0.29, 0.717) is 24.1 Å². The number of hydrogen-bond acceptors (Lipinski definition) is 5. The van der Waals surface area contributed by atoms with Crippen LogP contribution in [0.1, 0.15) is 17.2 Å². The van der Waals surface area contributed by atoms with Crippen LogP contribution in [-0.4, -0.2) is 27.4 Å². The van der Waals surface area contributed by atoms with Gasteiger partial charge in [-0.1, -0.05) is 12.1 Å². The molecule has 172 valence electrons. The van der Waals surface area contributed by atoms with E-state index in [4.69, 9.17) is 4.74 Å². The second-order valence-corrected chi connectivity index (χ2v) is 7.57. The Hall–Kier alpha value is -4.21. The van der Waals surface area contributed by atoms with Crippen LogP contribution in [0.3, 0.4) is 0 Å². The predicted molar refractivity (Wildman–Crippen MR) is 118 cm³/mol. The molecule has 4 aromatic rings. The van der Waals surface area contributed by atoms with Gasteiger partial charge in [0.15, 0.2) is 5.82 Å². The highest BCUT2D eigenvalue weighted by molar-refractivity contribution is 5.90. The standard InChI is InChI=1S/C24H17F4N5O/c25-18-7-1-15(2-8-18)21-13-34-23(31-21)30-19-9-3-16(4-10-19)22-29-14-33(32-22)20-11-5-17(6-12-20)24(26,27)28/h1-12,14,21H,13H2,(H,30,31). The highest BCUT2D eigenvalue weighted by Gasteiger charge is 2.30. The van der Waals surface area contributed by atoms with Gasteiger partial charge in [-0.05, 0) is 66.2 Å². The molecule has 6 nitrogen and oxygen atoms in total. The molecular weight excluding hydrogens is 450 g/mol. The third-order valence-electron chi connectivity index (χ3n) is 5.25. The second kappa shape index (κ2) is 8.62. The van der Waals surface area contributed by atoms with Gasteiger partial charge in [0.1, 0.15) is 24.8 Å². The van der Waals surface area contributed by atoms with Crippen LogP contribution in [0.4, 0.5) is 23.2 Å². The van der Waals surface area contributed by atoms with Crippen molar-refractivity contribution >= 4 is 11.7 Å². The van der Waals surface area contributed by atoms with Crippen molar-refractivity contribution in [3.63, 3.8) is 0 Å². The topological polar surface area (TPSA) is 64.3 Å². The zero-order valence-electron chi connectivity index (χ0n) is 17.5. The maximum Gasteiger partial charge on any atom is 0.416 e. The Morgan fingerprint density at radius 2 is 1.62 bits per heavy atom. The highest BCUT2D eigenvalue weighted by Crippen LogP contribution is 2.30. The van der Waals surface area contributed by atoms with Crippen molar-refractivity contribution < 1.29 is 22.3 Å². The molecule has 1 N–H and O–H groups in total. The summed E-state index contributed by atoms with van der Waals surface area (Å²) in [7, 11) is 0. The SMILES string of the molecule is Fc1ccc(C2COC(Nc3ccc(-c4ncn(-c5ccc(C(F)(F)F)cc5)n4)cc3)=N2)cc1. The maximum absolute atomic E-state index is 13.1. The lowest BCUT2D eigenvalue weighted by molar-refractivity contribution is -0.137. The number of alkyl halides is 3. The number of rotatable bonds is 4. The number of aliphatic imine (C=N–C) groups is 1. The number of anilines is 1. The van der Waals surface area contributed by atoms with E-state index in [0.717, 1.165) is 28.9 Å². The zero-order valence-corrected chi connectivity index (χ0v) is 17.5. The molecule has 1 atom stereocenters. The smallest absolute Gasteiger partial charge is 0.416 e. The fourth-order valence-corrected chi connectivity index (χ4v) is 3.45. The lowest BCUT2D eigenvalue weighted by Gasteiger charge is -2.07. The van der Waals surface area contributed by atoms with Crippen LogP contribution >= 0.6 is 0 Å². The Bertz CT molecular complexity index is 1310. The van der Waals surface area contributed by atoms with Crippen molar-refractivity contribution in [2.75, 3.05) is 11.9 Å². The van der Waals surface area contributed by atoms with Gasteiger partial charge in [-0.3, -0.25) is 0 Å². The van der Waals surface area contributed by atoms with Crippen LogP contribution < -0.4 is 5.32 Å². The summed E-state index contributed by atoms with van der Waals surface area (Å²) in [5.74, 6) is 0.126. The van der Waals surface area contributed by atoms with Gasteiger partial charge in [0.25, 0.3) is 6.02 Å². The third-order valence-corrected chi connectivity index (χ3v) is 5.25. The average molecular weight is 467 g/mol. The first kappa shape index (κ1) is 21.6. The lowest BCUT2D eigenvalue weighted by atomic mass is 10.1. The van der Waals surface area contributed by atoms with E-state index >= 15 is 0 Å². The molecule has 5 rings (SSSR count). The summed E-state index contributed by atoms with van der Waals surface area (Å²) in [6, 6.07) is 18.2. The molecule has 1 unspecified atom stereocenters. The van der Waals surface area contributed by atoms with Gasteiger partial charge in [0, 0.05) is 11.3 Å². The molecule has 3 aromatic carbocycles. The molecule has 2 heterocycles. The van der Waals surface area contributed by atoms with Gasteiger partial charge in [-0.15, -0.1) is 5.10 Å². The molecule has 1 aliphatic rings. The summed E-state index contributed by atoms with van der Waals surface area (Å²) in [4.78, 5) is 8.74. The molecule has 1 aromatic heterocycles. The van der Waals surface area contributed by atoms with Crippen molar-refractivity contribution in [3.8, 4) is 17.1 Å². The molecular formula is C24H17F4N5O. The van der Waals surface area contributed by atoms with E-state index in [1.807, 2.05) is 24.3 Å². The lowest BCUT2D eigenvalue weighted by Crippen LogP contribution is -2.11. The Labute approximate surface area is 191 Å². The number of aromatic nitrogens is 3. The first-order valence-electron chi connectivity index (χ1n) is 10.3. The number of nitrogens with one attached hydrogen (secondary N) is 1. The first-order valence-corrected chi connectivity index (χ1v) is 10.3. The summed E-state index contributed by atoms with van der Waals surface area (Å²) in [5.41, 5.74) is 2.08. The number of benzene rings is 3. The van der Waals surface area contributed by atoms with Crippen LogP contribution in [0.5, 0.6) is 0 Å². The van der Waals surface area contributed by atoms with E-state index in [-0.39, 0.29) is 11.9 Å². The quantitative estimate of drug-likeness (QED) is 0.395. The van der Waals surface area contributed by atoms with E-state index in [9.17, 15) is 17.6 Å². The van der Waals surface area contributed by atoms with Crippen LogP contribution in [-0.2, 0) is 10.9 Å². The van der Waals surface area contributed by atoms with E-state index in [1.165, 1.54) is 35.3 Å². The Morgan fingerprint density at radius 3 is 2.29 bits per heavy atom. The van der Waals surface area contributed by atoms with Gasteiger partial charge < -0.3 is 10.1 Å². The zero-order chi connectivity index (χ0) is 23.7. The predicted octanol–water partition coefficient (Wildman–Crippen LogP) is 5.63. The van der Waals surface area contributed by atoms with Crippen molar-refractivity contribution in [3.05, 3.63) is 96.1 Å². The minimum absolute atomic E-state index is 0.208. The molecule has 0 saturated heterocycles. The third kappa shape index (κ3) is 4.61. The molecule has 1 aliphatic heterocycles. The fourth-order valence-electron chi connectivity index (χ4n) is 3.45. The van der Waals surface area contributed by atoms with Gasteiger partial charge in [-0.25, -0.2) is 19.0 Å². The molecule has 0 amide bonds. The minimum Gasteiger partial charge on any atom is -0.462 e. The van der Waals surface area contributed by atoms with Crippen LogP contribution in [0, 0.1) is 5.82 Å². The number of halogens is 4. The molecule has 0 saturated carbocycles. The largest absolute Gasteiger partial charge is 0.462 e. The summed E-state index contributed by atoms with van der Waals surface area (Å²) < 4.78 is 58.4. The van der Waals surface area contributed by atoms with Gasteiger partial charge in [0.2, 0.25) is 0 Å². The second-order valence-electron chi connectivity index (χ2n) is 7.57. The van der Waals surface area contributed by atoms with E-state index < -0.39 is 11.7 Å². The average Bonchev–Trinajstić information content (AvgIpc) is 3.50. The fraction of sp³-hybridized carbons (Fsp3) is 0.125. The summed E-state index contributed by atoms with van der Waals surface area (Å²) in [6.45, 7) is 0.358. The van der Waals surface area contributed by atoms with Crippen molar-refractivity contribution in [1.82, 2.24) is 14.8 Å². The van der Waals surface area contributed by atoms with Crippen molar-refractivity contribution in [2.24, 2.45) is 4.99 Å². The summed E-state index contributed by atoms with van der Waals surface area (Å²) in [6.07, 6.45) is -2.94. The van der Waals surface area contributed by atoms with Gasteiger partial charge >= 0.3 is 6.18 Å². The molecule has 0 fully saturated rings. The highest BCUT2D eigenvalue weighted by atomic mass is 19.4. The maximum atomic E-state index is 13.1. The van der Waals surface area contributed by atoms with Crippen molar-refractivity contribution in [1.29, 1.82) is 0 Å². The number of hydrogen-bond donors (Lipinski definition) is 1. The summed E-state index contributed by atoms with van der Waals surface area (Å²) in [5, 5.41) is 7.45. The Balaban J connectivity index is 1.26. The van der Waals surface area contributed by atoms with Gasteiger partial charge in [0.05, 0.1) is 11.3 Å². The monoisotopic (exact) mass is 467 g/mol. The van der Waals surface area contributed by atoms with E-state index in [1.54, 1.807) is 12.1 Å². The molecule has 0 radical (unpaired) electrons. The molecule has 34 heavy (non-hydrogen) atoms. The van der Waals surface area contributed by atoms with Crippen molar-refractivity contribution in [2.45, 2.75) is 12.2 Å². The van der Waals surface area contributed by atoms with E-state index in [2.05, 4.69) is 20.4 Å². The Kier molecular flexibility index (Phi) is 5.48. The molecule has 0 spiro atoms. The normalized spacial score (nSPS) is 15.6. The van der Waals surface area contributed by atoms with Crippen LogP contribution in [0.15, 0.2) is 84.1 Å². The van der Waals surface area contributed by atoms with Crippen LogP contribution in [0.2, 0.25) is 0 Å². The minimum atomic E-state index is -4.39. The Morgan fingerprint density at radius 1 is 0.912 bits per heavy atom. The summed E-state index contributed by atoms with van der Waals surface area (Å²) >= 11 is 0. The molecule has 0 bridgehead atoms.